The van der Waals surface area contributed by atoms with Crippen molar-refractivity contribution in [1.29, 1.82) is 0 Å². The molecule has 3 nitrogen and oxygen atoms in total. The Balaban J connectivity index is 2.09. The first kappa shape index (κ1) is 12.0. The van der Waals surface area contributed by atoms with E-state index in [4.69, 9.17) is 23.2 Å². The van der Waals surface area contributed by atoms with Gasteiger partial charge in [0.2, 0.25) is 11.8 Å². The molecule has 2 fully saturated rings. The summed E-state index contributed by atoms with van der Waals surface area (Å²) in [5.41, 5.74) is -0.658. The SMILES string of the molecule is C[C@@]12C[C@]1(C)C(=O)N(c1cc(Cl)cc(Cl)c1)C2=O. The summed E-state index contributed by atoms with van der Waals surface area (Å²) in [5, 5.41) is 0.822. The summed E-state index contributed by atoms with van der Waals surface area (Å²) in [6, 6.07) is 4.74. The molecular formula is C13H11Cl2NO2. The summed E-state index contributed by atoms with van der Waals surface area (Å²) in [5.74, 6) is -0.318. The lowest BCUT2D eigenvalue weighted by molar-refractivity contribution is -0.125. The molecule has 0 aromatic heterocycles. The van der Waals surface area contributed by atoms with Gasteiger partial charge in [-0.05, 0) is 38.5 Å². The molecule has 5 heteroatoms. The van der Waals surface area contributed by atoms with Crippen LogP contribution >= 0.6 is 23.2 Å². The second-order valence-electron chi connectivity index (χ2n) is 5.41. The number of hydrogen-bond donors (Lipinski definition) is 0. The number of fused-ring (bicyclic) bond motifs is 1. The zero-order valence-corrected chi connectivity index (χ0v) is 11.5. The van der Waals surface area contributed by atoms with Gasteiger partial charge in [-0.1, -0.05) is 23.2 Å². The summed E-state index contributed by atoms with van der Waals surface area (Å²) < 4.78 is 0. The molecule has 0 unspecified atom stereocenters. The molecule has 1 aromatic rings. The van der Waals surface area contributed by atoms with Crippen LogP contribution in [-0.2, 0) is 9.59 Å². The largest absolute Gasteiger partial charge is 0.273 e. The molecular weight excluding hydrogens is 273 g/mol. The predicted octanol–water partition coefficient (Wildman–Crippen LogP) is 3.28. The van der Waals surface area contributed by atoms with Crippen LogP contribution in [-0.4, -0.2) is 11.8 Å². The van der Waals surface area contributed by atoms with Crippen LogP contribution in [0, 0.1) is 10.8 Å². The monoisotopic (exact) mass is 283 g/mol. The Bertz CT molecular complexity index is 554. The van der Waals surface area contributed by atoms with E-state index in [1.165, 1.54) is 4.90 Å². The minimum Gasteiger partial charge on any atom is -0.273 e. The quantitative estimate of drug-likeness (QED) is 0.742. The van der Waals surface area contributed by atoms with E-state index in [1.807, 2.05) is 13.8 Å². The third kappa shape index (κ3) is 1.26. The van der Waals surface area contributed by atoms with E-state index < -0.39 is 10.8 Å². The van der Waals surface area contributed by atoms with E-state index in [-0.39, 0.29) is 11.8 Å². The number of hydrogen-bond acceptors (Lipinski definition) is 2. The zero-order chi connectivity index (χ0) is 13.3. The summed E-state index contributed by atoms with van der Waals surface area (Å²) in [4.78, 5) is 25.9. The number of carbonyl (C=O) groups excluding carboxylic acids is 2. The fourth-order valence-electron chi connectivity index (χ4n) is 2.77. The Morgan fingerprint density at radius 2 is 1.44 bits per heavy atom. The number of halogens is 2. The molecule has 1 saturated carbocycles. The highest BCUT2D eigenvalue weighted by atomic mass is 35.5. The van der Waals surface area contributed by atoms with Gasteiger partial charge < -0.3 is 0 Å². The first-order valence-electron chi connectivity index (χ1n) is 5.65. The number of nitrogens with zero attached hydrogens (tertiary/aromatic N) is 1. The molecule has 1 heterocycles. The Morgan fingerprint density at radius 3 is 1.89 bits per heavy atom. The van der Waals surface area contributed by atoms with Crippen molar-refractivity contribution in [2.75, 3.05) is 4.90 Å². The van der Waals surface area contributed by atoms with Gasteiger partial charge in [0.15, 0.2) is 0 Å². The van der Waals surface area contributed by atoms with Crippen molar-refractivity contribution in [2.45, 2.75) is 20.3 Å². The van der Waals surface area contributed by atoms with Crippen molar-refractivity contribution in [1.82, 2.24) is 0 Å². The minimum absolute atomic E-state index is 0.159. The van der Waals surface area contributed by atoms with Gasteiger partial charge in [0.1, 0.15) is 0 Å². The maximum atomic E-state index is 12.3. The third-order valence-corrected chi connectivity index (χ3v) is 4.69. The lowest BCUT2D eigenvalue weighted by Crippen LogP contribution is -2.35. The van der Waals surface area contributed by atoms with Crippen molar-refractivity contribution in [3.63, 3.8) is 0 Å². The van der Waals surface area contributed by atoms with Gasteiger partial charge in [-0.3, -0.25) is 9.59 Å². The van der Waals surface area contributed by atoms with E-state index in [1.54, 1.807) is 18.2 Å². The van der Waals surface area contributed by atoms with Gasteiger partial charge in [-0.25, -0.2) is 4.90 Å². The van der Waals surface area contributed by atoms with E-state index >= 15 is 0 Å². The molecule has 1 aromatic carbocycles. The molecule has 0 N–H and O–H groups in total. The molecule has 0 spiro atoms. The van der Waals surface area contributed by atoms with Crippen LogP contribution in [0.3, 0.4) is 0 Å². The highest BCUT2D eigenvalue weighted by Crippen LogP contribution is 2.69. The smallest absolute Gasteiger partial charge is 0.240 e. The molecule has 1 aliphatic heterocycles. The van der Waals surface area contributed by atoms with Gasteiger partial charge in [0.05, 0.1) is 16.5 Å². The van der Waals surface area contributed by atoms with Crippen LogP contribution in [0.2, 0.25) is 10.0 Å². The summed E-state index contributed by atoms with van der Waals surface area (Å²) >= 11 is 11.8. The molecule has 0 bridgehead atoms. The first-order valence-corrected chi connectivity index (χ1v) is 6.40. The maximum absolute atomic E-state index is 12.3. The van der Waals surface area contributed by atoms with Gasteiger partial charge in [0.25, 0.3) is 0 Å². The molecule has 1 saturated heterocycles. The Kier molecular flexibility index (Phi) is 2.19. The minimum atomic E-state index is -0.557. The third-order valence-electron chi connectivity index (χ3n) is 4.26. The van der Waals surface area contributed by atoms with E-state index in [9.17, 15) is 9.59 Å². The second kappa shape index (κ2) is 3.28. The lowest BCUT2D eigenvalue weighted by Gasteiger charge is -2.19. The number of benzene rings is 1. The molecule has 18 heavy (non-hydrogen) atoms. The van der Waals surface area contributed by atoms with Crippen molar-refractivity contribution < 1.29 is 9.59 Å². The number of amides is 2. The molecule has 94 valence electrons. The van der Waals surface area contributed by atoms with E-state index in [2.05, 4.69) is 0 Å². The van der Waals surface area contributed by atoms with Crippen molar-refractivity contribution >= 4 is 40.7 Å². The summed E-state index contributed by atoms with van der Waals surface area (Å²) in [6.45, 7) is 3.67. The summed E-state index contributed by atoms with van der Waals surface area (Å²) in [6.07, 6.45) is 0.627. The fraction of sp³-hybridized carbons (Fsp3) is 0.385. The number of piperidine rings is 1. The zero-order valence-electron chi connectivity index (χ0n) is 9.96. The molecule has 2 atom stereocenters. The van der Waals surface area contributed by atoms with Gasteiger partial charge in [-0.2, -0.15) is 0 Å². The van der Waals surface area contributed by atoms with Gasteiger partial charge in [-0.15, -0.1) is 0 Å². The van der Waals surface area contributed by atoms with Crippen LogP contribution in [0.5, 0.6) is 0 Å². The van der Waals surface area contributed by atoms with Crippen molar-refractivity contribution in [3.8, 4) is 0 Å². The second-order valence-corrected chi connectivity index (χ2v) is 6.29. The molecule has 3 rings (SSSR count). The van der Waals surface area contributed by atoms with Crippen LogP contribution < -0.4 is 4.90 Å². The molecule has 2 amide bonds. The normalized spacial score (nSPS) is 33.9. The highest BCUT2D eigenvalue weighted by Gasteiger charge is 2.77. The van der Waals surface area contributed by atoms with E-state index in [0.29, 0.717) is 22.2 Å². The molecule has 0 radical (unpaired) electrons. The number of carbonyl (C=O) groups is 2. The average molecular weight is 284 g/mol. The highest BCUT2D eigenvalue weighted by molar-refractivity contribution is 6.36. The first-order chi connectivity index (χ1) is 8.29. The van der Waals surface area contributed by atoms with Crippen LogP contribution in [0.25, 0.3) is 0 Å². The van der Waals surface area contributed by atoms with Crippen LogP contribution in [0.4, 0.5) is 5.69 Å². The van der Waals surface area contributed by atoms with E-state index in [0.717, 1.165) is 0 Å². The fourth-order valence-corrected chi connectivity index (χ4v) is 3.29. The van der Waals surface area contributed by atoms with Crippen LogP contribution in [0.1, 0.15) is 20.3 Å². The van der Waals surface area contributed by atoms with Crippen LogP contribution in [0.15, 0.2) is 18.2 Å². The van der Waals surface area contributed by atoms with Gasteiger partial charge in [0, 0.05) is 10.0 Å². The Hall–Kier alpha value is -1.06. The average Bonchev–Trinajstić information content (AvgIpc) is 2.78. The number of rotatable bonds is 1. The predicted molar refractivity (Wildman–Crippen MR) is 69.8 cm³/mol. The molecule has 1 aliphatic carbocycles. The van der Waals surface area contributed by atoms with Gasteiger partial charge >= 0.3 is 0 Å². The lowest BCUT2D eigenvalue weighted by atomic mass is 10.00. The standard InChI is InChI=1S/C13H11Cl2NO2/c1-12-6-13(12,2)11(18)16(10(12)17)9-4-7(14)3-8(15)5-9/h3-5H,6H2,1-2H3/t12-,13+. The Labute approximate surface area is 115 Å². The number of imide groups is 1. The van der Waals surface area contributed by atoms with Crippen molar-refractivity contribution in [3.05, 3.63) is 28.2 Å². The topological polar surface area (TPSA) is 37.4 Å². The number of anilines is 1. The molecule has 2 aliphatic rings. The van der Waals surface area contributed by atoms with Crippen molar-refractivity contribution in [2.24, 2.45) is 10.8 Å². The maximum Gasteiger partial charge on any atom is 0.240 e. The Morgan fingerprint density at radius 1 is 1.00 bits per heavy atom. The summed E-state index contributed by atoms with van der Waals surface area (Å²) in [7, 11) is 0.